The van der Waals surface area contributed by atoms with Crippen LogP contribution in [0, 0.1) is 23.7 Å². The Balaban J connectivity index is 1.20. The average Bonchev–Trinajstić information content (AvgIpc) is 3.06. The number of nitrogens with one attached hydrogen (secondary N) is 1. The van der Waals surface area contributed by atoms with Crippen molar-refractivity contribution in [1.82, 2.24) is 10.3 Å². The Hall–Kier alpha value is -2.07. The molecular weight excluding hydrogens is 440 g/mol. The van der Waals surface area contributed by atoms with Crippen LogP contribution in [0.2, 0.25) is 0 Å². The van der Waals surface area contributed by atoms with Gasteiger partial charge in [0.2, 0.25) is 18.0 Å². The molecule has 9 nitrogen and oxygen atoms in total. The van der Waals surface area contributed by atoms with Gasteiger partial charge in [-0.3, -0.25) is 14.6 Å². The molecule has 1 saturated carbocycles. The SMILES string of the molecule is C[C@H]1[C@H](OC(=O)CCC(=O)NCc2ccncc2)O[C@@H]2O[C@]3(C)CC[C@H]4[C@H](C)CC[C@@H]1C24OO3. The maximum absolute atomic E-state index is 12.6. The molecule has 8 atom stereocenters. The molecule has 6 rings (SSSR count). The highest BCUT2D eigenvalue weighted by molar-refractivity contribution is 5.81. The molecule has 1 amide bonds. The third-order valence-corrected chi connectivity index (χ3v) is 8.14. The summed E-state index contributed by atoms with van der Waals surface area (Å²) in [6, 6.07) is 3.66. The van der Waals surface area contributed by atoms with Gasteiger partial charge in [-0.1, -0.05) is 13.8 Å². The molecule has 34 heavy (non-hydrogen) atoms. The second-order valence-corrected chi connectivity index (χ2v) is 10.4. The van der Waals surface area contributed by atoms with Crippen LogP contribution in [0.25, 0.3) is 0 Å². The van der Waals surface area contributed by atoms with E-state index >= 15 is 0 Å². The lowest BCUT2D eigenvalue weighted by Crippen LogP contribution is -2.70. The van der Waals surface area contributed by atoms with Crippen molar-refractivity contribution in [3.05, 3.63) is 30.1 Å². The monoisotopic (exact) mass is 474 g/mol. The fraction of sp³-hybridized carbons (Fsp3) is 0.720. The molecule has 4 aliphatic heterocycles. The summed E-state index contributed by atoms with van der Waals surface area (Å²) in [7, 11) is 0. The molecule has 0 aromatic carbocycles. The molecule has 1 aromatic rings. The van der Waals surface area contributed by atoms with Crippen molar-refractivity contribution in [2.24, 2.45) is 23.7 Å². The molecule has 0 radical (unpaired) electrons. The van der Waals surface area contributed by atoms with Gasteiger partial charge in [0.15, 0.2) is 11.9 Å². The second-order valence-electron chi connectivity index (χ2n) is 10.4. The molecule has 5 fully saturated rings. The van der Waals surface area contributed by atoms with Crippen LogP contribution < -0.4 is 5.32 Å². The first kappa shape index (κ1) is 23.7. The Morgan fingerprint density at radius 1 is 1.12 bits per heavy atom. The van der Waals surface area contributed by atoms with Gasteiger partial charge in [-0.25, -0.2) is 9.78 Å². The Kier molecular flexibility index (Phi) is 6.39. The number of hydrogen-bond acceptors (Lipinski definition) is 8. The summed E-state index contributed by atoms with van der Waals surface area (Å²) in [5.41, 5.74) is 0.255. The van der Waals surface area contributed by atoms with Gasteiger partial charge >= 0.3 is 5.97 Å². The number of nitrogens with zero attached hydrogens (tertiary/aromatic N) is 1. The summed E-state index contributed by atoms with van der Waals surface area (Å²) < 4.78 is 18.3. The zero-order valence-corrected chi connectivity index (χ0v) is 20.0. The van der Waals surface area contributed by atoms with Crippen LogP contribution in [0.15, 0.2) is 24.5 Å². The lowest BCUT2D eigenvalue weighted by Gasteiger charge is -2.59. The van der Waals surface area contributed by atoms with E-state index in [1.807, 2.05) is 26.0 Å². The van der Waals surface area contributed by atoms with Crippen LogP contribution in [-0.4, -0.2) is 40.8 Å². The minimum atomic E-state index is -0.875. The Morgan fingerprint density at radius 3 is 2.71 bits per heavy atom. The molecule has 186 valence electrons. The first-order chi connectivity index (χ1) is 16.3. The highest BCUT2D eigenvalue weighted by Gasteiger charge is 2.69. The van der Waals surface area contributed by atoms with Gasteiger partial charge < -0.3 is 19.5 Å². The van der Waals surface area contributed by atoms with E-state index in [0.717, 1.165) is 31.2 Å². The topological polar surface area (TPSA) is 105 Å². The van der Waals surface area contributed by atoms with Crippen molar-refractivity contribution in [3.8, 4) is 0 Å². The molecular formula is C25H34N2O7. The molecule has 1 N–H and O–H groups in total. The van der Waals surface area contributed by atoms with E-state index < -0.39 is 29.9 Å². The highest BCUT2D eigenvalue weighted by Crippen LogP contribution is 2.60. The van der Waals surface area contributed by atoms with Gasteiger partial charge in [0.1, 0.15) is 0 Å². The second kappa shape index (κ2) is 9.18. The number of pyridine rings is 1. The summed E-state index contributed by atoms with van der Waals surface area (Å²) in [4.78, 5) is 40.7. The largest absolute Gasteiger partial charge is 0.435 e. The molecule has 1 spiro atoms. The van der Waals surface area contributed by atoms with E-state index in [9.17, 15) is 9.59 Å². The van der Waals surface area contributed by atoms with E-state index in [1.165, 1.54) is 0 Å². The lowest BCUT2D eigenvalue weighted by atomic mass is 9.58. The Morgan fingerprint density at radius 2 is 1.91 bits per heavy atom. The smallest absolute Gasteiger partial charge is 0.308 e. The molecule has 9 heteroatoms. The zero-order valence-electron chi connectivity index (χ0n) is 20.0. The summed E-state index contributed by atoms with van der Waals surface area (Å²) in [6.07, 6.45) is 5.62. The maximum atomic E-state index is 12.6. The lowest BCUT2D eigenvalue weighted by molar-refractivity contribution is -0.576. The number of fused-ring (bicyclic) bond motifs is 2. The molecule has 1 aromatic heterocycles. The Labute approximate surface area is 199 Å². The first-order valence-corrected chi connectivity index (χ1v) is 12.4. The third kappa shape index (κ3) is 4.23. The average molecular weight is 475 g/mol. The summed E-state index contributed by atoms with van der Waals surface area (Å²) in [5, 5.41) is 2.81. The van der Waals surface area contributed by atoms with Crippen LogP contribution in [-0.2, 0) is 40.1 Å². The van der Waals surface area contributed by atoms with Gasteiger partial charge in [-0.05, 0) is 55.7 Å². The quantitative estimate of drug-likeness (QED) is 0.495. The van der Waals surface area contributed by atoms with Crippen LogP contribution >= 0.6 is 0 Å². The molecule has 2 bridgehead atoms. The fourth-order valence-corrected chi connectivity index (χ4v) is 6.20. The van der Waals surface area contributed by atoms with Gasteiger partial charge in [-0.2, -0.15) is 0 Å². The van der Waals surface area contributed by atoms with Crippen molar-refractivity contribution in [1.29, 1.82) is 0 Å². The van der Waals surface area contributed by atoms with Crippen LogP contribution in [0.1, 0.15) is 64.9 Å². The van der Waals surface area contributed by atoms with Crippen LogP contribution in [0.4, 0.5) is 0 Å². The van der Waals surface area contributed by atoms with Crippen molar-refractivity contribution < 1.29 is 33.6 Å². The summed E-state index contributed by atoms with van der Waals surface area (Å²) in [5.74, 6) is -0.843. The number of carbonyl (C=O) groups is 2. The number of amides is 1. The van der Waals surface area contributed by atoms with Crippen molar-refractivity contribution in [2.75, 3.05) is 0 Å². The zero-order chi connectivity index (χ0) is 23.9. The minimum Gasteiger partial charge on any atom is -0.435 e. The van der Waals surface area contributed by atoms with Crippen LogP contribution in [0.3, 0.4) is 0 Å². The predicted octanol–water partition coefficient (Wildman–Crippen LogP) is 3.23. The number of ether oxygens (including phenoxy) is 3. The van der Waals surface area contributed by atoms with Crippen molar-refractivity contribution in [3.63, 3.8) is 0 Å². The normalized spacial score (nSPS) is 40.7. The number of carbonyl (C=O) groups excluding carboxylic acids is 2. The Bertz CT molecular complexity index is 914. The van der Waals surface area contributed by atoms with Gasteiger partial charge in [0.05, 0.1) is 6.42 Å². The van der Waals surface area contributed by atoms with Gasteiger partial charge in [-0.15, -0.1) is 0 Å². The van der Waals surface area contributed by atoms with E-state index in [-0.39, 0.29) is 36.5 Å². The van der Waals surface area contributed by atoms with E-state index in [2.05, 4.69) is 17.2 Å². The predicted molar refractivity (Wildman–Crippen MR) is 118 cm³/mol. The molecule has 5 heterocycles. The standard InChI is InChI=1S/C25H34N2O7/c1-15-4-5-19-16(2)22(31-23-25(19)18(15)8-11-24(3,32-23)33-34-25)30-21(29)7-6-20(28)27-14-17-9-12-26-13-10-17/h9-10,12-13,15-16,18-19,22-23H,4-8,11,14H2,1-3H3,(H,27,28)/t15-,16-,18+,19+,22-,23-,24+,25?/m1/s1. The summed E-state index contributed by atoms with van der Waals surface area (Å²) >= 11 is 0. The maximum Gasteiger partial charge on any atom is 0.308 e. The third-order valence-electron chi connectivity index (χ3n) is 8.14. The number of aromatic nitrogens is 1. The van der Waals surface area contributed by atoms with Gasteiger partial charge in [0, 0.05) is 43.6 Å². The van der Waals surface area contributed by atoms with E-state index in [1.54, 1.807) is 12.4 Å². The molecule has 4 saturated heterocycles. The fourth-order valence-electron chi connectivity index (χ4n) is 6.20. The molecule has 1 aliphatic carbocycles. The van der Waals surface area contributed by atoms with Crippen molar-refractivity contribution >= 4 is 11.9 Å². The number of hydrogen-bond donors (Lipinski definition) is 1. The van der Waals surface area contributed by atoms with E-state index in [0.29, 0.717) is 12.5 Å². The van der Waals surface area contributed by atoms with Crippen LogP contribution in [0.5, 0.6) is 0 Å². The number of rotatable bonds is 6. The minimum absolute atomic E-state index is 0.0208. The summed E-state index contributed by atoms with van der Waals surface area (Å²) in [6.45, 7) is 6.55. The number of esters is 1. The highest BCUT2D eigenvalue weighted by atomic mass is 17.3. The van der Waals surface area contributed by atoms with Gasteiger partial charge in [0.25, 0.3) is 0 Å². The molecule has 5 aliphatic rings. The van der Waals surface area contributed by atoms with E-state index in [4.69, 9.17) is 24.0 Å². The molecule has 1 unspecified atom stereocenters. The first-order valence-electron chi connectivity index (χ1n) is 12.4. The van der Waals surface area contributed by atoms with Crippen molar-refractivity contribution in [2.45, 2.75) is 89.8 Å².